The first-order chi connectivity index (χ1) is 8.77. The number of aromatic nitrogens is 2. The molecule has 0 saturated carbocycles. The lowest BCUT2D eigenvalue weighted by Crippen LogP contribution is -2.09. The standard InChI is InChI=1S/C14H16FN3/c1-10-12(11-6-7-16-8-11)9-17-18(10)14-5-3-2-4-13(14)15/h2-5,9,11,16H,6-8H2,1H3. The van der Waals surface area contributed by atoms with Gasteiger partial charge in [0.1, 0.15) is 11.5 Å². The topological polar surface area (TPSA) is 29.9 Å². The number of hydrogen-bond acceptors (Lipinski definition) is 2. The molecule has 3 nitrogen and oxygen atoms in total. The molecule has 0 radical (unpaired) electrons. The van der Waals surface area contributed by atoms with Gasteiger partial charge in [-0.15, -0.1) is 0 Å². The van der Waals surface area contributed by atoms with Gasteiger partial charge in [0.15, 0.2) is 0 Å². The van der Waals surface area contributed by atoms with E-state index in [4.69, 9.17) is 0 Å². The maximum Gasteiger partial charge on any atom is 0.148 e. The number of hydrogen-bond donors (Lipinski definition) is 1. The van der Waals surface area contributed by atoms with Crippen molar-refractivity contribution in [2.75, 3.05) is 13.1 Å². The molecular formula is C14H16FN3. The van der Waals surface area contributed by atoms with Crippen LogP contribution < -0.4 is 5.32 Å². The normalized spacial score (nSPS) is 19.3. The van der Waals surface area contributed by atoms with Crippen molar-refractivity contribution in [3.63, 3.8) is 0 Å². The van der Waals surface area contributed by atoms with Crippen LogP contribution in [0.4, 0.5) is 4.39 Å². The number of halogens is 1. The second kappa shape index (κ2) is 4.53. The number of nitrogens with one attached hydrogen (secondary N) is 1. The Labute approximate surface area is 106 Å². The Kier molecular flexibility index (Phi) is 2.88. The van der Waals surface area contributed by atoms with E-state index in [0.717, 1.165) is 25.2 Å². The van der Waals surface area contributed by atoms with Crippen LogP contribution in [0.2, 0.25) is 0 Å². The van der Waals surface area contributed by atoms with Crippen molar-refractivity contribution in [1.29, 1.82) is 0 Å². The highest BCUT2D eigenvalue weighted by molar-refractivity contribution is 5.37. The molecule has 0 amide bonds. The summed E-state index contributed by atoms with van der Waals surface area (Å²) in [5.74, 6) is 0.269. The van der Waals surface area contributed by atoms with Crippen LogP contribution in [0.15, 0.2) is 30.5 Å². The molecule has 18 heavy (non-hydrogen) atoms. The van der Waals surface area contributed by atoms with Crippen LogP contribution in [0.25, 0.3) is 5.69 Å². The minimum Gasteiger partial charge on any atom is -0.316 e. The van der Waals surface area contributed by atoms with E-state index in [1.807, 2.05) is 19.2 Å². The smallest absolute Gasteiger partial charge is 0.148 e. The molecule has 1 aromatic carbocycles. The fourth-order valence-electron chi connectivity index (χ4n) is 2.61. The van der Waals surface area contributed by atoms with Crippen LogP contribution in [-0.2, 0) is 0 Å². The molecule has 1 aromatic heterocycles. The van der Waals surface area contributed by atoms with Gasteiger partial charge in [0.05, 0.1) is 6.20 Å². The Morgan fingerprint density at radius 2 is 2.22 bits per heavy atom. The number of rotatable bonds is 2. The van der Waals surface area contributed by atoms with Gasteiger partial charge in [0, 0.05) is 18.2 Å². The third-order valence-corrected chi connectivity index (χ3v) is 3.63. The quantitative estimate of drug-likeness (QED) is 0.880. The highest BCUT2D eigenvalue weighted by atomic mass is 19.1. The van der Waals surface area contributed by atoms with E-state index in [-0.39, 0.29) is 5.82 Å². The Morgan fingerprint density at radius 3 is 2.94 bits per heavy atom. The van der Waals surface area contributed by atoms with Crippen molar-refractivity contribution < 1.29 is 4.39 Å². The van der Waals surface area contributed by atoms with E-state index in [1.165, 1.54) is 11.6 Å². The molecule has 1 atom stereocenters. The molecule has 1 aliphatic heterocycles. The second-order valence-corrected chi connectivity index (χ2v) is 4.74. The first kappa shape index (κ1) is 11.4. The first-order valence-electron chi connectivity index (χ1n) is 6.27. The van der Waals surface area contributed by atoms with Gasteiger partial charge in [-0.3, -0.25) is 0 Å². The van der Waals surface area contributed by atoms with Crippen molar-refractivity contribution in [3.05, 3.63) is 47.5 Å². The lowest BCUT2D eigenvalue weighted by atomic mass is 9.99. The lowest BCUT2D eigenvalue weighted by Gasteiger charge is -2.09. The molecule has 1 aliphatic rings. The molecule has 94 valence electrons. The first-order valence-corrected chi connectivity index (χ1v) is 6.27. The summed E-state index contributed by atoms with van der Waals surface area (Å²) in [6.45, 7) is 4.05. The predicted molar refractivity (Wildman–Crippen MR) is 68.5 cm³/mol. The summed E-state index contributed by atoms with van der Waals surface area (Å²) in [6.07, 6.45) is 3.00. The van der Waals surface area contributed by atoms with Gasteiger partial charge in [-0.1, -0.05) is 12.1 Å². The molecule has 3 rings (SSSR count). The van der Waals surface area contributed by atoms with Gasteiger partial charge < -0.3 is 5.32 Å². The lowest BCUT2D eigenvalue weighted by molar-refractivity contribution is 0.608. The largest absolute Gasteiger partial charge is 0.316 e. The summed E-state index contributed by atoms with van der Waals surface area (Å²) in [5.41, 5.74) is 2.78. The molecule has 0 spiro atoms. The Morgan fingerprint density at radius 1 is 1.39 bits per heavy atom. The molecule has 4 heteroatoms. The average molecular weight is 245 g/mol. The summed E-state index contributed by atoms with van der Waals surface area (Å²) in [5, 5.41) is 7.69. The second-order valence-electron chi connectivity index (χ2n) is 4.74. The fourth-order valence-corrected chi connectivity index (χ4v) is 2.61. The van der Waals surface area contributed by atoms with Gasteiger partial charge in [-0.05, 0) is 37.6 Å². The highest BCUT2D eigenvalue weighted by Gasteiger charge is 2.21. The van der Waals surface area contributed by atoms with Crippen molar-refractivity contribution in [2.24, 2.45) is 0 Å². The van der Waals surface area contributed by atoms with Gasteiger partial charge >= 0.3 is 0 Å². The summed E-state index contributed by atoms with van der Waals surface area (Å²) in [4.78, 5) is 0. The third-order valence-electron chi connectivity index (χ3n) is 3.63. The fraction of sp³-hybridized carbons (Fsp3) is 0.357. The number of benzene rings is 1. The molecule has 1 N–H and O–H groups in total. The molecule has 0 aliphatic carbocycles. The molecule has 1 unspecified atom stereocenters. The van der Waals surface area contributed by atoms with Gasteiger partial charge in [-0.2, -0.15) is 5.10 Å². The zero-order chi connectivity index (χ0) is 12.5. The minimum absolute atomic E-state index is 0.236. The van der Waals surface area contributed by atoms with Crippen LogP contribution >= 0.6 is 0 Å². The summed E-state index contributed by atoms with van der Waals surface area (Å²) >= 11 is 0. The van der Waals surface area contributed by atoms with E-state index in [1.54, 1.807) is 16.8 Å². The number of para-hydroxylation sites is 1. The Bertz CT molecular complexity index is 556. The van der Waals surface area contributed by atoms with Crippen LogP contribution in [0.3, 0.4) is 0 Å². The Balaban J connectivity index is 2.02. The van der Waals surface area contributed by atoms with Crippen LogP contribution in [0, 0.1) is 12.7 Å². The van der Waals surface area contributed by atoms with Crippen molar-refractivity contribution >= 4 is 0 Å². The van der Waals surface area contributed by atoms with Gasteiger partial charge in [0.2, 0.25) is 0 Å². The van der Waals surface area contributed by atoms with Crippen molar-refractivity contribution in [2.45, 2.75) is 19.3 Å². The van der Waals surface area contributed by atoms with Crippen LogP contribution in [0.1, 0.15) is 23.6 Å². The highest BCUT2D eigenvalue weighted by Crippen LogP contribution is 2.27. The SMILES string of the molecule is Cc1c(C2CCNC2)cnn1-c1ccccc1F. The summed E-state index contributed by atoms with van der Waals surface area (Å²) < 4.78 is 15.5. The zero-order valence-corrected chi connectivity index (χ0v) is 10.4. The molecule has 1 saturated heterocycles. The third kappa shape index (κ3) is 1.82. The van der Waals surface area contributed by atoms with E-state index < -0.39 is 0 Å². The molecule has 0 bridgehead atoms. The van der Waals surface area contributed by atoms with Crippen molar-refractivity contribution in [1.82, 2.24) is 15.1 Å². The van der Waals surface area contributed by atoms with E-state index in [2.05, 4.69) is 10.4 Å². The molecule has 2 heterocycles. The molecule has 2 aromatic rings. The van der Waals surface area contributed by atoms with Gasteiger partial charge in [-0.25, -0.2) is 9.07 Å². The number of nitrogens with zero attached hydrogens (tertiary/aromatic N) is 2. The van der Waals surface area contributed by atoms with Crippen molar-refractivity contribution in [3.8, 4) is 5.69 Å². The van der Waals surface area contributed by atoms with Gasteiger partial charge in [0.25, 0.3) is 0 Å². The zero-order valence-electron chi connectivity index (χ0n) is 10.4. The monoisotopic (exact) mass is 245 g/mol. The van der Waals surface area contributed by atoms with E-state index >= 15 is 0 Å². The summed E-state index contributed by atoms with van der Waals surface area (Å²) in [6, 6.07) is 6.75. The maximum atomic E-state index is 13.8. The summed E-state index contributed by atoms with van der Waals surface area (Å²) in [7, 11) is 0. The predicted octanol–water partition coefficient (Wildman–Crippen LogP) is 2.40. The minimum atomic E-state index is -0.236. The Hall–Kier alpha value is -1.68. The molecular weight excluding hydrogens is 229 g/mol. The van der Waals surface area contributed by atoms with Crippen LogP contribution in [0.5, 0.6) is 0 Å². The average Bonchev–Trinajstić information content (AvgIpc) is 2.99. The maximum absolute atomic E-state index is 13.8. The van der Waals surface area contributed by atoms with E-state index in [0.29, 0.717) is 11.6 Å². The van der Waals surface area contributed by atoms with E-state index in [9.17, 15) is 4.39 Å². The van der Waals surface area contributed by atoms with Crippen LogP contribution in [-0.4, -0.2) is 22.9 Å². The molecule has 1 fully saturated rings.